The van der Waals surface area contributed by atoms with Gasteiger partial charge in [-0.2, -0.15) is 13.2 Å². The lowest BCUT2D eigenvalue weighted by Crippen LogP contribution is -2.27. The molecule has 2 aromatic carbocycles. The molecule has 3 rings (SSSR count). The minimum absolute atomic E-state index is 0.0179. The van der Waals surface area contributed by atoms with Crippen LogP contribution >= 0.6 is 11.8 Å². The fourth-order valence-corrected chi connectivity index (χ4v) is 3.83. The van der Waals surface area contributed by atoms with Gasteiger partial charge in [-0.15, -0.1) is 0 Å². The summed E-state index contributed by atoms with van der Waals surface area (Å²) in [4.78, 5) is 31.3. The molecule has 1 amide bonds. The molecule has 1 aromatic heterocycles. The molecule has 0 aliphatic carbocycles. The van der Waals surface area contributed by atoms with Crippen molar-refractivity contribution in [3.8, 4) is 11.3 Å². The third-order valence-corrected chi connectivity index (χ3v) is 5.60. The second kappa shape index (κ2) is 11.6. The smallest absolute Gasteiger partial charge is 0.379 e. The van der Waals surface area contributed by atoms with Crippen molar-refractivity contribution in [1.82, 2.24) is 15.3 Å². The number of rotatable bonds is 10. The van der Waals surface area contributed by atoms with Crippen LogP contribution in [-0.4, -0.2) is 39.6 Å². The molecule has 0 unspecified atom stereocenters. The molecule has 2 N–H and O–H groups in total. The fourth-order valence-electron chi connectivity index (χ4n) is 3.09. The van der Waals surface area contributed by atoms with E-state index in [1.54, 1.807) is 0 Å². The number of alkyl halides is 3. The van der Waals surface area contributed by atoms with Crippen LogP contribution in [0.15, 0.2) is 59.8 Å². The number of benzene rings is 2. The molecule has 0 bridgehead atoms. The first-order valence-electron chi connectivity index (χ1n) is 10.5. The van der Waals surface area contributed by atoms with Gasteiger partial charge in [-0.05, 0) is 31.5 Å². The molecule has 0 atom stereocenters. The van der Waals surface area contributed by atoms with Crippen molar-refractivity contribution in [1.29, 1.82) is 0 Å². The quantitative estimate of drug-likeness (QED) is 0.130. The molecular weight excluding hydrogens is 483 g/mol. The molecule has 8 nitrogen and oxygen atoms in total. The van der Waals surface area contributed by atoms with Crippen LogP contribution in [0, 0.1) is 17.0 Å². The SMILES string of the molecule is Cc1cc(-c2ccccc2)nc(SCC(=O)NCCCNc2ccc(C(F)(F)F)cc2[N+](=O)[O-])n1. The molecule has 0 aliphatic heterocycles. The average Bonchev–Trinajstić information content (AvgIpc) is 2.82. The van der Waals surface area contributed by atoms with E-state index in [1.165, 1.54) is 11.8 Å². The van der Waals surface area contributed by atoms with E-state index in [4.69, 9.17) is 0 Å². The van der Waals surface area contributed by atoms with Gasteiger partial charge in [0.2, 0.25) is 5.91 Å². The fraction of sp³-hybridized carbons (Fsp3) is 0.261. The second-order valence-electron chi connectivity index (χ2n) is 7.45. The third-order valence-electron chi connectivity index (χ3n) is 4.75. The van der Waals surface area contributed by atoms with Gasteiger partial charge in [0.15, 0.2) is 5.16 Å². The predicted octanol–water partition coefficient (Wildman–Crippen LogP) is 5.09. The van der Waals surface area contributed by atoms with E-state index >= 15 is 0 Å². The van der Waals surface area contributed by atoms with Gasteiger partial charge < -0.3 is 10.6 Å². The number of nitro groups is 1. The lowest BCUT2D eigenvalue weighted by atomic mass is 10.1. The maximum atomic E-state index is 12.8. The highest BCUT2D eigenvalue weighted by Crippen LogP contribution is 2.34. The number of nitrogens with zero attached hydrogens (tertiary/aromatic N) is 3. The van der Waals surface area contributed by atoms with Gasteiger partial charge in [0, 0.05) is 30.4 Å². The molecule has 184 valence electrons. The zero-order chi connectivity index (χ0) is 25.4. The van der Waals surface area contributed by atoms with E-state index in [2.05, 4.69) is 20.6 Å². The van der Waals surface area contributed by atoms with Gasteiger partial charge in [0.1, 0.15) is 5.69 Å². The Hall–Kier alpha value is -3.67. The van der Waals surface area contributed by atoms with Crippen LogP contribution in [0.1, 0.15) is 17.7 Å². The number of thioether (sulfide) groups is 1. The zero-order valence-electron chi connectivity index (χ0n) is 18.6. The van der Waals surface area contributed by atoms with Crippen LogP contribution < -0.4 is 10.6 Å². The van der Waals surface area contributed by atoms with Gasteiger partial charge in [-0.1, -0.05) is 42.1 Å². The van der Waals surface area contributed by atoms with E-state index in [0.717, 1.165) is 29.1 Å². The number of nitrogens with one attached hydrogen (secondary N) is 2. The van der Waals surface area contributed by atoms with Crippen molar-refractivity contribution in [3.05, 3.63) is 76.0 Å². The Morgan fingerprint density at radius 2 is 1.83 bits per heavy atom. The Bertz CT molecular complexity index is 1190. The maximum Gasteiger partial charge on any atom is 0.416 e. The normalized spacial score (nSPS) is 11.2. The minimum atomic E-state index is -4.67. The molecule has 35 heavy (non-hydrogen) atoms. The van der Waals surface area contributed by atoms with Gasteiger partial charge >= 0.3 is 6.18 Å². The van der Waals surface area contributed by atoms with Crippen LogP contribution in [0.4, 0.5) is 24.5 Å². The van der Waals surface area contributed by atoms with Crippen molar-refractivity contribution in [3.63, 3.8) is 0 Å². The summed E-state index contributed by atoms with van der Waals surface area (Å²) in [5.41, 5.74) is 0.733. The van der Waals surface area contributed by atoms with E-state index in [-0.39, 0.29) is 30.4 Å². The number of carbonyl (C=O) groups is 1. The molecule has 12 heteroatoms. The third kappa shape index (κ3) is 7.67. The topological polar surface area (TPSA) is 110 Å². The lowest BCUT2D eigenvalue weighted by molar-refractivity contribution is -0.384. The summed E-state index contributed by atoms with van der Waals surface area (Å²) in [7, 11) is 0. The van der Waals surface area contributed by atoms with Crippen molar-refractivity contribution in [2.45, 2.75) is 24.7 Å². The summed E-state index contributed by atoms with van der Waals surface area (Å²) in [6.07, 6.45) is -4.26. The summed E-state index contributed by atoms with van der Waals surface area (Å²) in [6, 6.07) is 13.8. The number of halogens is 3. The standard InChI is InChI=1S/C23H22F3N5O3S/c1-15-12-19(16-6-3-2-4-7-16)30-22(29-15)35-14-21(32)28-11-5-10-27-18-9-8-17(23(24,25)26)13-20(18)31(33)34/h2-4,6-9,12-13,27H,5,10-11,14H2,1H3,(H,28,32). The molecule has 1 heterocycles. The number of anilines is 1. The van der Waals surface area contributed by atoms with Crippen molar-refractivity contribution < 1.29 is 22.9 Å². The first-order valence-corrected chi connectivity index (χ1v) is 11.5. The van der Waals surface area contributed by atoms with E-state index in [9.17, 15) is 28.1 Å². The highest BCUT2D eigenvalue weighted by molar-refractivity contribution is 7.99. The molecule has 0 radical (unpaired) electrons. The summed E-state index contributed by atoms with van der Waals surface area (Å²) >= 11 is 1.20. The molecule has 0 saturated carbocycles. The predicted molar refractivity (Wildman–Crippen MR) is 127 cm³/mol. The number of carbonyl (C=O) groups excluding carboxylic acids is 1. The number of amides is 1. The van der Waals surface area contributed by atoms with Crippen LogP contribution in [0.25, 0.3) is 11.3 Å². The highest BCUT2D eigenvalue weighted by atomic mass is 32.2. The second-order valence-corrected chi connectivity index (χ2v) is 8.39. The first kappa shape index (κ1) is 25.9. The number of aryl methyl sites for hydroxylation is 1. The van der Waals surface area contributed by atoms with E-state index < -0.39 is 22.4 Å². The van der Waals surface area contributed by atoms with Crippen LogP contribution in [0.5, 0.6) is 0 Å². The Kier molecular flexibility index (Phi) is 8.63. The molecule has 0 saturated heterocycles. The first-order chi connectivity index (χ1) is 16.6. The highest BCUT2D eigenvalue weighted by Gasteiger charge is 2.33. The van der Waals surface area contributed by atoms with Gasteiger partial charge in [0.25, 0.3) is 5.69 Å². The van der Waals surface area contributed by atoms with Gasteiger partial charge in [0.05, 0.1) is 21.9 Å². The molecule has 0 aliphatic rings. The van der Waals surface area contributed by atoms with Crippen LogP contribution in [0.2, 0.25) is 0 Å². The Labute approximate surface area is 203 Å². The largest absolute Gasteiger partial charge is 0.416 e. The van der Waals surface area contributed by atoms with Crippen molar-refractivity contribution in [2.24, 2.45) is 0 Å². The molecule has 0 fully saturated rings. The molecule has 0 spiro atoms. The summed E-state index contributed by atoms with van der Waals surface area (Å²) in [5, 5.41) is 17.1. The van der Waals surface area contributed by atoms with Crippen molar-refractivity contribution in [2.75, 3.05) is 24.2 Å². The van der Waals surface area contributed by atoms with Crippen molar-refractivity contribution >= 4 is 29.0 Å². The summed E-state index contributed by atoms with van der Waals surface area (Å²) in [6.45, 7) is 2.36. The summed E-state index contributed by atoms with van der Waals surface area (Å²) in [5.74, 6) is -0.128. The average molecular weight is 506 g/mol. The van der Waals surface area contributed by atoms with E-state index in [1.807, 2.05) is 43.3 Å². The minimum Gasteiger partial charge on any atom is -0.379 e. The monoisotopic (exact) mass is 505 g/mol. The Morgan fingerprint density at radius 3 is 2.51 bits per heavy atom. The molecular formula is C23H22F3N5O3S. The number of hydrogen-bond acceptors (Lipinski definition) is 7. The molecule has 3 aromatic rings. The number of hydrogen-bond donors (Lipinski definition) is 2. The van der Waals surface area contributed by atoms with Crippen LogP contribution in [0.3, 0.4) is 0 Å². The lowest BCUT2D eigenvalue weighted by Gasteiger charge is -2.11. The zero-order valence-corrected chi connectivity index (χ0v) is 19.4. The summed E-state index contributed by atoms with van der Waals surface area (Å²) < 4.78 is 38.4. The number of aromatic nitrogens is 2. The number of nitro benzene ring substituents is 1. The maximum absolute atomic E-state index is 12.8. The van der Waals surface area contributed by atoms with Crippen LogP contribution in [-0.2, 0) is 11.0 Å². The van der Waals surface area contributed by atoms with Gasteiger partial charge in [-0.3, -0.25) is 14.9 Å². The van der Waals surface area contributed by atoms with E-state index in [0.29, 0.717) is 17.6 Å². The Morgan fingerprint density at radius 1 is 1.09 bits per heavy atom. The Balaban J connectivity index is 1.45. The van der Waals surface area contributed by atoms with Gasteiger partial charge in [-0.25, -0.2) is 9.97 Å².